The number of ether oxygens (including phenoxy) is 1. The summed E-state index contributed by atoms with van der Waals surface area (Å²) < 4.78 is 11.0. The summed E-state index contributed by atoms with van der Waals surface area (Å²) in [4.78, 5) is 0. The van der Waals surface area contributed by atoms with Gasteiger partial charge in [-0.15, -0.1) is 0 Å². The van der Waals surface area contributed by atoms with Crippen molar-refractivity contribution < 1.29 is 9.15 Å². The van der Waals surface area contributed by atoms with Crippen LogP contribution in [-0.4, -0.2) is 13.7 Å². The summed E-state index contributed by atoms with van der Waals surface area (Å²) in [5, 5.41) is 1.69. The first-order valence-electron chi connectivity index (χ1n) is 6.13. The van der Waals surface area contributed by atoms with E-state index in [2.05, 4.69) is 0 Å². The molecule has 0 atom stereocenters. The van der Waals surface area contributed by atoms with Gasteiger partial charge in [-0.25, -0.2) is 0 Å². The fraction of sp³-hybridized carbons (Fsp3) is 0.429. The van der Waals surface area contributed by atoms with E-state index >= 15 is 0 Å². The van der Waals surface area contributed by atoms with Gasteiger partial charge in [0.1, 0.15) is 5.76 Å². The van der Waals surface area contributed by atoms with Crippen molar-refractivity contribution in [1.29, 1.82) is 0 Å². The van der Waals surface area contributed by atoms with Gasteiger partial charge in [0.05, 0.1) is 12.1 Å². The number of fused-ring (bicyclic) bond motifs is 1. The van der Waals surface area contributed by atoms with E-state index in [0.29, 0.717) is 6.54 Å². The van der Waals surface area contributed by atoms with Gasteiger partial charge in [0.25, 0.3) is 0 Å². The van der Waals surface area contributed by atoms with Crippen LogP contribution in [0.4, 0.5) is 0 Å². The van der Waals surface area contributed by atoms with Gasteiger partial charge >= 0.3 is 0 Å². The van der Waals surface area contributed by atoms with Crippen molar-refractivity contribution in [2.75, 3.05) is 13.7 Å². The molecule has 2 N–H and O–H groups in total. The molecule has 4 heteroatoms. The minimum absolute atomic E-state index is 0.710. The number of unbranched alkanes of at least 4 members (excludes halogenated alkanes) is 1. The van der Waals surface area contributed by atoms with Crippen molar-refractivity contribution in [3.63, 3.8) is 0 Å². The van der Waals surface area contributed by atoms with Crippen molar-refractivity contribution in [2.24, 2.45) is 5.73 Å². The quantitative estimate of drug-likeness (QED) is 0.841. The smallest absolute Gasteiger partial charge is 0.177 e. The SMILES string of the molecule is COc1cc(CCCCN)c(Cl)c2cc(C)oc12. The predicted octanol–water partition coefficient (Wildman–Crippen LogP) is 3.68. The number of furan rings is 1. The molecule has 0 bridgehead atoms. The average Bonchev–Trinajstić information content (AvgIpc) is 2.75. The molecule has 98 valence electrons. The van der Waals surface area contributed by atoms with E-state index < -0.39 is 0 Å². The van der Waals surface area contributed by atoms with Crippen LogP contribution in [0.3, 0.4) is 0 Å². The Hall–Kier alpha value is -1.19. The molecule has 0 spiro atoms. The van der Waals surface area contributed by atoms with Gasteiger partial charge in [0.2, 0.25) is 0 Å². The molecule has 0 unspecified atom stereocenters. The van der Waals surface area contributed by atoms with Gasteiger partial charge in [0.15, 0.2) is 11.3 Å². The van der Waals surface area contributed by atoms with E-state index in [4.69, 9.17) is 26.5 Å². The summed E-state index contributed by atoms with van der Waals surface area (Å²) in [6, 6.07) is 3.91. The van der Waals surface area contributed by atoms with E-state index in [-0.39, 0.29) is 0 Å². The number of nitrogens with two attached hydrogens (primary N) is 1. The van der Waals surface area contributed by atoms with Crippen LogP contribution >= 0.6 is 11.6 Å². The zero-order chi connectivity index (χ0) is 13.1. The minimum atomic E-state index is 0.710. The number of methoxy groups -OCH3 is 1. The summed E-state index contributed by atoms with van der Waals surface area (Å²) in [5.74, 6) is 1.58. The van der Waals surface area contributed by atoms with Crippen molar-refractivity contribution >= 4 is 22.6 Å². The molecule has 2 rings (SSSR count). The molecule has 0 aliphatic rings. The number of aryl methyl sites for hydroxylation is 2. The lowest BCUT2D eigenvalue weighted by molar-refractivity contribution is 0.408. The van der Waals surface area contributed by atoms with Crippen molar-refractivity contribution in [2.45, 2.75) is 26.2 Å². The van der Waals surface area contributed by atoms with Gasteiger partial charge in [-0.1, -0.05) is 11.6 Å². The van der Waals surface area contributed by atoms with Crippen LogP contribution in [0, 0.1) is 6.92 Å². The third-order valence-corrected chi connectivity index (χ3v) is 3.47. The van der Waals surface area contributed by atoms with Crippen molar-refractivity contribution in [3.05, 3.63) is 28.5 Å². The maximum atomic E-state index is 6.42. The monoisotopic (exact) mass is 267 g/mol. The zero-order valence-corrected chi connectivity index (χ0v) is 11.5. The molecule has 2 aromatic rings. The highest BCUT2D eigenvalue weighted by Gasteiger charge is 2.14. The Kier molecular flexibility index (Phi) is 4.15. The lowest BCUT2D eigenvalue weighted by atomic mass is 10.1. The standard InChI is InChI=1S/C14H18ClNO2/c1-9-7-11-13(15)10(5-3-4-6-16)8-12(17-2)14(11)18-9/h7-8H,3-6,16H2,1-2H3. The Morgan fingerprint density at radius 3 is 2.78 bits per heavy atom. The van der Waals surface area contributed by atoms with Crippen LogP contribution in [0.25, 0.3) is 11.0 Å². The third-order valence-electron chi connectivity index (χ3n) is 3.02. The Bertz CT molecular complexity index is 548. The molecule has 0 saturated heterocycles. The second-order valence-electron chi connectivity index (χ2n) is 4.40. The summed E-state index contributed by atoms with van der Waals surface area (Å²) in [5.41, 5.74) is 7.33. The van der Waals surface area contributed by atoms with Gasteiger partial charge in [-0.05, 0) is 50.4 Å². The molecule has 0 saturated carbocycles. The van der Waals surface area contributed by atoms with E-state index in [1.54, 1.807) is 7.11 Å². The second kappa shape index (κ2) is 5.63. The topological polar surface area (TPSA) is 48.4 Å². The highest BCUT2D eigenvalue weighted by Crippen LogP contribution is 2.37. The summed E-state index contributed by atoms with van der Waals surface area (Å²) in [7, 11) is 1.64. The maximum absolute atomic E-state index is 6.42. The van der Waals surface area contributed by atoms with Gasteiger partial charge in [-0.2, -0.15) is 0 Å². The molecule has 1 heterocycles. The zero-order valence-electron chi connectivity index (χ0n) is 10.8. The molecule has 0 fully saturated rings. The highest BCUT2D eigenvalue weighted by atomic mass is 35.5. The van der Waals surface area contributed by atoms with Crippen LogP contribution in [-0.2, 0) is 6.42 Å². The molecule has 0 aliphatic carbocycles. The maximum Gasteiger partial charge on any atom is 0.177 e. The Morgan fingerprint density at radius 2 is 2.11 bits per heavy atom. The summed E-state index contributed by atoms with van der Waals surface area (Å²) >= 11 is 6.42. The van der Waals surface area contributed by atoms with Crippen LogP contribution in [0.5, 0.6) is 5.75 Å². The molecule has 1 aromatic heterocycles. The molecule has 1 aromatic carbocycles. The normalized spacial score (nSPS) is 11.1. The van der Waals surface area contributed by atoms with E-state index in [0.717, 1.165) is 52.3 Å². The number of benzene rings is 1. The average molecular weight is 268 g/mol. The summed E-state index contributed by atoms with van der Waals surface area (Å²) in [6.45, 7) is 2.62. The second-order valence-corrected chi connectivity index (χ2v) is 4.78. The molecule has 3 nitrogen and oxygen atoms in total. The first kappa shape index (κ1) is 13.2. The minimum Gasteiger partial charge on any atom is -0.493 e. The van der Waals surface area contributed by atoms with Crippen molar-refractivity contribution in [3.8, 4) is 5.75 Å². The number of rotatable bonds is 5. The molecular formula is C14H18ClNO2. The molecule has 0 aliphatic heterocycles. The first-order valence-corrected chi connectivity index (χ1v) is 6.50. The fourth-order valence-corrected chi connectivity index (χ4v) is 2.40. The first-order chi connectivity index (χ1) is 8.67. The van der Waals surface area contributed by atoms with Crippen LogP contribution in [0.2, 0.25) is 5.02 Å². The molecule has 0 amide bonds. The van der Waals surface area contributed by atoms with E-state index in [1.807, 2.05) is 19.1 Å². The third kappa shape index (κ3) is 2.47. The highest BCUT2D eigenvalue weighted by molar-refractivity contribution is 6.36. The van der Waals surface area contributed by atoms with Crippen LogP contribution in [0.15, 0.2) is 16.5 Å². The van der Waals surface area contributed by atoms with E-state index in [9.17, 15) is 0 Å². The van der Waals surface area contributed by atoms with Gasteiger partial charge in [0, 0.05) is 5.39 Å². The molecule has 0 radical (unpaired) electrons. The largest absolute Gasteiger partial charge is 0.493 e. The van der Waals surface area contributed by atoms with Crippen LogP contribution in [0.1, 0.15) is 24.2 Å². The molecular weight excluding hydrogens is 250 g/mol. The predicted molar refractivity (Wildman–Crippen MR) is 74.5 cm³/mol. The Morgan fingerprint density at radius 1 is 1.33 bits per heavy atom. The van der Waals surface area contributed by atoms with Crippen LogP contribution < -0.4 is 10.5 Å². The lowest BCUT2D eigenvalue weighted by Crippen LogP contribution is -1.99. The number of halogens is 1. The van der Waals surface area contributed by atoms with Gasteiger partial charge in [-0.3, -0.25) is 0 Å². The summed E-state index contributed by atoms with van der Waals surface area (Å²) in [6.07, 6.45) is 2.94. The number of hydrogen-bond donors (Lipinski definition) is 1. The van der Waals surface area contributed by atoms with E-state index in [1.165, 1.54) is 0 Å². The Labute approximate surface area is 112 Å². The lowest BCUT2D eigenvalue weighted by Gasteiger charge is -2.08. The Balaban J connectivity index is 2.44. The van der Waals surface area contributed by atoms with Crippen molar-refractivity contribution in [1.82, 2.24) is 0 Å². The fourth-order valence-electron chi connectivity index (χ4n) is 2.11. The number of hydrogen-bond acceptors (Lipinski definition) is 3. The molecule has 18 heavy (non-hydrogen) atoms. The van der Waals surface area contributed by atoms with Gasteiger partial charge < -0.3 is 14.9 Å².